The summed E-state index contributed by atoms with van der Waals surface area (Å²) in [4.78, 5) is 31.1. The monoisotopic (exact) mass is 282 g/mol. The summed E-state index contributed by atoms with van der Waals surface area (Å²) in [6, 6.07) is 6.70. The Bertz CT molecular complexity index is 475. The van der Waals surface area contributed by atoms with Gasteiger partial charge in [-0.05, 0) is 24.5 Å². The van der Waals surface area contributed by atoms with Gasteiger partial charge in [0.05, 0.1) is 17.2 Å². The van der Waals surface area contributed by atoms with Crippen LogP contribution < -0.4 is 0 Å². The summed E-state index contributed by atoms with van der Waals surface area (Å²) in [7, 11) is 0. The molecule has 0 spiro atoms. The molecule has 6 heteroatoms. The molecule has 0 saturated carbocycles. The lowest BCUT2D eigenvalue weighted by Crippen LogP contribution is -2.19. The van der Waals surface area contributed by atoms with Crippen molar-refractivity contribution in [3.63, 3.8) is 0 Å². The molecular formula is C14H18O6. The van der Waals surface area contributed by atoms with Crippen molar-refractivity contribution in [1.29, 1.82) is 0 Å². The highest BCUT2D eigenvalue weighted by molar-refractivity contribution is 5.89. The molecule has 0 heterocycles. The Morgan fingerprint density at radius 3 is 2.45 bits per heavy atom. The lowest BCUT2D eigenvalue weighted by molar-refractivity contribution is -0.452. The van der Waals surface area contributed by atoms with E-state index in [4.69, 9.17) is 4.74 Å². The molecular weight excluding hydrogens is 264 g/mol. The van der Waals surface area contributed by atoms with Crippen LogP contribution in [-0.4, -0.2) is 18.7 Å². The average Bonchev–Trinajstić information content (AvgIpc) is 2.35. The van der Waals surface area contributed by atoms with Crippen LogP contribution in [0.2, 0.25) is 0 Å². The molecule has 110 valence electrons. The second-order valence-electron chi connectivity index (χ2n) is 5.49. The zero-order valence-corrected chi connectivity index (χ0v) is 12.0. The number of aryl methyl sites for hydroxylation is 1. The molecule has 0 fully saturated rings. The van der Waals surface area contributed by atoms with E-state index in [1.165, 1.54) is 0 Å². The Balaban J connectivity index is 2.30. The third-order valence-corrected chi connectivity index (χ3v) is 2.09. The number of carbonyl (C=O) groups is 2. The van der Waals surface area contributed by atoms with Gasteiger partial charge in [-0.15, -0.1) is 0 Å². The van der Waals surface area contributed by atoms with Crippen LogP contribution in [0.3, 0.4) is 0 Å². The normalized spacial score (nSPS) is 10.8. The maximum atomic E-state index is 11.5. The predicted molar refractivity (Wildman–Crippen MR) is 69.6 cm³/mol. The first-order valence-electron chi connectivity index (χ1n) is 6.07. The lowest BCUT2D eigenvalue weighted by atomic mass is 9.99. The molecule has 1 rings (SSSR count). The van der Waals surface area contributed by atoms with Gasteiger partial charge in [-0.3, -0.25) is 4.89 Å². The molecule has 0 N–H and O–H groups in total. The first kappa shape index (κ1) is 16.0. The lowest BCUT2D eigenvalue weighted by Gasteiger charge is -2.16. The summed E-state index contributed by atoms with van der Waals surface area (Å²) in [5.41, 5.74) is 0.985. The fourth-order valence-electron chi connectivity index (χ4n) is 1.20. The molecule has 6 nitrogen and oxygen atoms in total. The molecule has 1 aromatic carbocycles. The maximum Gasteiger partial charge on any atom is 0.543 e. The smallest absolute Gasteiger partial charge is 0.432 e. The minimum atomic E-state index is -1.07. The van der Waals surface area contributed by atoms with Crippen LogP contribution in [0, 0.1) is 12.3 Å². The fraction of sp³-hybridized carbons (Fsp3) is 0.429. The van der Waals surface area contributed by atoms with Crippen LogP contribution in [0.5, 0.6) is 0 Å². The van der Waals surface area contributed by atoms with E-state index in [2.05, 4.69) is 14.8 Å². The third kappa shape index (κ3) is 6.19. The number of benzene rings is 1. The summed E-state index contributed by atoms with van der Waals surface area (Å²) in [6.07, 6.45) is -1.07. The Labute approximate surface area is 117 Å². The van der Waals surface area contributed by atoms with Crippen molar-refractivity contribution in [1.82, 2.24) is 0 Å². The Kier molecular flexibility index (Phi) is 5.52. The SMILES string of the molecule is Cc1cccc(C(=O)OOOC(=O)OCC(C)(C)C)c1. The van der Waals surface area contributed by atoms with Crippen molar-refractivity contribution in [3.8, 4) is 0 Å². The van der Waals surface area contributed by atoms with E-state index in [1.54, 1.807) is 18.2 Å². The van der Waals surface area contributed by atoms with Crippen LogP contribution in [0.25, 0.3) is 0 Å². The molecule has 1 aromatic rings. The third-order valence-electron chi connectivity index (χ3n) is 2.09. The minimum Gasteiger partial charge on any atom is -0.432 e. The van der Waals surface area contributed by atoms with Crippen molar-refractivity contribution in [2.24, 2.45) is 5.41 Å². The summed E-state index contributed by atoms with van der Waals surface area (Å²) >= 11 is 0. The molecule has 0 aromatic heterocycles. The zero-order chi connectivity index (χ0) is 15.2. The Morgan fingerprint density at radius 1 is 1.15 bits per heavy atom. The average molecular weight is 282 g/mol. The second kappa shape index (κ2) is 6.91. The largest absolute Gasteiger partial charge is 0.543 e. The molecule has 0 saturated heterocycles. The molecule has 0 bridgehead atoms. The van der Waals surface area contributed by atoms with Crippen molar-refractivity contribution >= 4 is 12.1 Å². The molecule has 0 unspecified atom stereocenters. The predicted octanol–water partition coefficient (Wildman–Crippen LogP) is 3.20. The van der Waals surface area contributed by atoms with Gasteiger partial charge in [-0.2, -0.15) is 0 Å². The van der Waals surface area contributed by atoms with E-state index in [1.807, 2.05) is 33.8 Å². The molecule has 0 amide bonds. The van der Waals surface area contributed by atoms with Crippen LogP contribution in [0.4, 0.5) is 4.79 Å². The Hall–Kier alpha value is -2.08. The molecule has 0 radical (unpaired) electrons. The van der Waals surface area contributed by atoms with Gasteiger partial charge in [0.1, 0.15) is 0 Å². The van der Waals surface area contributed by atoms with Crippen molar-refractivity contribution < 1.29 is 29.1 Å². The standard InChI is InChI=1S/C14H18O6/c1-10-6-5-7-11(8-10)12(15)18-20-19-13(16)17-9-14(2,3)4/h5-8H,9H2,1-4H3. The van der Waals surface area contributed by atoms with E-state index in [9.17, 15) is 9.59 Å². The molecule has 20 heavy (non-hydrogen) atoms. The van der Waals surface area contributed by atoms with Crippen LogP contribution in [0.15, 0.2) is 24.3 Å². The van der Waals surface area contributed by atoms with Crippen LogP contribution in [0.1, 0.15) is 36.7 Å². The molecule has 0 aliphatic heterocycles. The second-order valence-corrected chi connectivity index (χ2v) is 5.49. The van der Waals surface area contributed by atoms with E-state index in [0.717, 1.165) is 5.56 Å². The topological polar surface area (TPSA) is 71.1 Å². The number of hydrogen-bond acceptors (Lipinski definition) is 6. The number of hydrogen-bond donors (Lipinski definition) is 0. The zero-order valence-electron chi connectivity index (χ0n) is 12.0. The summed E-state index contributed by atoms with van der Waals surface area (Å²) < 4.78 is 4.74. The number of rotatable bonds is 4. The fourth-order valence-corrected chi connectivity index (χ4v) is 1.20. The van der Waals surface area contributed by atoms with Gasteiger partial charge < -0.3 is 4.74 Å². The van der Waals surface area contributed by atoms with Gasteiger partial charge in [0.2, 0.25) is 0 Å². The first-order chi connectivity index (χ1) is 9.28. The van der Waals surface area contributed by atoms with E-state index in [-0.39, 0.29) is 17.6 Å². The first-order valence-corrected chi connectivity index (χ1v) is 6.07. The summed E-state index contributed by atoms with van der Waals surface area (Å²) in [6.45, 7) is 7.65. The Morgan fingerprint density at radius 2 is 1.85 bits per heavy atom. The maximum absolute atomic E-state index is 11.5. The van der Waals surface area contributed by atoms with E-state index < -0.39 is 12.1 Å². The van der Waals surface area contributed by atoms with Gasteiger partial charge in [-0.25, -0.2) is 14.5 Å². The highest BCUT2D eigenvalue weighted by Crippen LogP contribution is 2.13. The van der Waals surface area contributed by atoms with Crippen LogP contribution in [-0.2, 0) is 19.6 Å². The van der Waals surface area contributed by atoms with Crippen molar-refractivity contribution in [2.45, 2.75) is 27.7 Å². The molecule has 0 atom stereocenters. The van der Waals surface area contributed by atoms with Gasteiger partial charge >= 0.3 is 12.1 Å². The van der Waals surface area contributed by atoms with Gasteiger partial charge in [0.25, 0.3) is 0 Å². The highest BCUT2D eigenvalue weighted by atomic mass is 17.5. The van der Waals surface area contributed by atoms with Gasteiger partial charge in [0.15, 0.2) is 0 Å². The number of carbonyl (C=O) groups excluding carboxylic acids is 2. The number of ether oxygens (including phenoxy) is 1. The van der Waals surface area contributed by atoms with Crippen molar-refractivity contribution in [2.75, 3.05) is 6.61 Å². The van der Waals surface area contributed by atoms with Gasteiger partial charge in [0, 0.05) is 0 Å². The molecule has 0 aliphatic rings. The van der Waals surface area contributed by atoms with Gasteiger partial charge in [-0.1, -0.05) is 38.5 Å². The summed E-state index contributed by atoms with van der Waals surface area (Å²) in [5, 5.41) is 4.09. The molecule has 0 aliphatic carbocycles. The highest BCUT2D eigenvalue weighted by Gasteiger charge is 2.16. The minimum absolute atomic E-state index is 0.154. The van der Waals surface area contributed by atoms with E-state index in [0.29, 0.717) is 0 Å². The summed E-state index contributed by atoms with van der Waals surface area (Å²) in [5.74, 6) is -0.766. The quantitative estimate of drug-likeness (QED) is 0.480. The van der Waals surface area contributed by atoms with Crippen LogP contribution >= 0.6 is 0 Å². The van der Waals surface area contributed by atoms with E-state index >= 15 is 0 Å². The van der Waals surface area contributed by atoms with Crippen molar-refractivity contribution in [3.05, 3.63) is 35.4 Å².